The van der Waals surface area contributed by atoms with Crippen LogP contribution in [0.2, 0.25) is 5.02 Å². The lowest BCUT2D eigenvalue weighted by Gasteiger charge is -2.18. The SMILES string of the molecule is COc1cc(-c2nc(Cc3ccc4[nH]ncc4c3Cl)n(C)n2)ccc1OCC(=O)NC1CCN(CC(F)(F)F)C1. The van der Waals surface area contributed by atoms with Crippen molar-refractivity contribution in [1.82, 2.24) is 35.2 Å². The van der Waals surface area contributed by atoms with Crippen LogP contribution in [0.5, 0.6) is 11.5 Å². The van der Waals surface area contributed by atoms with Gasteiger partial charge in [0.1, 0.15) is 5.82 Å². The van der Waals surface area contributed by atoms with Gasteiger partial charge in [-0.1, -0.05) is 17.7 Å². The van der Waals surface area contributed by atoms with Crippen molar-refractivity contribution in [3.05, 3.63) is 52.9 Å². The van der Waals surface area contributed by atoms with Crippen molar-refractivity contribution in [2.24, 2.45) is 7.05 Å². The van der Waals surface area contributed by atoms with E-state index >= 15 is 0 Å². The van der Waals surface area contributed by atoms with Crippen LogP contribution in [0, 0.1) is 0 Å². The van der Waals surface area contributed by atoms with E-state index in [4.69, 9.17) is 21.1 Å². The molecule has 0 saturated carbocycles. The molecule has 10 nitrogen and oxygen atoms in total. The fourth-order valence-corrected chi connectivity index (χ4v) is 4.99. The molecule has 5 rings (SSSR count). The molecule has 0 aliphatic carbocycles. The number of carbonyl (C=O) groups excluding carboxylic acids is 1. The van der Waals surface area contributed by atoms with Crippen molar-refractivity contribution in [2.45, 2.75) is 25.1 Å². The molecule has 1 aliphatic heterocycles. The molecule has 0 spiro atoms. The Labute approximate surface area is 232 Å². The number of hydrogen-bond donors (Lipinski definition) is 2. The lowest BCUT2D eigenvalue weighted by Crippen LogP contribution is -2.41. The Balaban J connectivity index is 1.21. The van der Waals surface area contributed by atoms with E-state index in [2.05, 4.69) is 25.6 Å². The summed E-state index contributed by atoms with van der Waals surface area (Å²) in [7, 11) is 3.28. The first-order valence-corrected chi connectivity index (χ1v) is 12.9. The number of nitrogens with one attached hydrogen (secondary N) is 2. The maximum atomic E-state index is 12.6. The van der Waals surface area contributed by atoms with E-state index < -0.39 is 18.6 Å². The summed E-state index contributed by atoms with van der Waals surface area (Å²) < 4.78 is 50.6. The van der Waals surface area contributed by atoms with E-state index in [0.717, 1.165) is 16.5 Å². The summed E-state index contributed by atoms with van der Waals surface area (Å²) in [4.78, 5) is 18.3. The lowest BCUT2D eigenvalue weighted by molar-refractivity contribution is -0.143. The van der Waals surface area contributed by atoms with Gasteiger partial charge in [-0.2, -0.15) is 23.4 Å². The molecule has 1 amide bonds. The molecule has 40 heavy (non-hydrogen) atoms. The van der Waals surface area contributed by atoms with Gasteiger partial charge in [-0.05, 0) is 36.2 Å². The molecular weight excluding hydrogens is 551 g/mol. The average Bonchev–Trinajstić information content (AvgIpc) is 3.64. The highest BCUT2D eigenvalue weighted by Crippen LogP contribution is 2.32. The summed E-state index contributed by atoms with van der Waals surface area (Å²) >= 11 is 6.58. The molecule has 1 fully saturated rings. The zero-order chi connectivity index (χ0) is 28.4. The van der Waals surface area contributed by atoms with Crippen molar-refractivity contribution in [1.29, 1.82) is 0 Å². The van der Waals surface area contributed by atoms with Crippen LogP contribution in [0.25, 0.3) is 22.3 Å². The number of fused-ring (bicyclic) bond motifs is 1. The third kappa shape index (κ3) is 6.31. The highest BCUT2D eigenvalue weighted by Gasteiger charge is 2.34. The number of aromatic nitrogens is 5. The van der Waals surface area contributed by atoms with E-state index in [1.165, 1.54) is 12.0 Å². The first-order valence-electron chi connectivity index (χ1n) is 12.5. The van der Waals surface area contributed by atoms with Crippen molar-refractivity contribution < 1.29 is 27.4 Å². The fourth-order valence-electron chi connectivity index (χ4n) is 4.71. The van der Waals surface area contributed by atoms with Crippen molar-refractivity contribution >= 4 is 28.4 Å². The van der Waals surface area contributed by atoms with Crippen LogP contribution in [0.15, 0.2) is 36.5 Å². The highest BCUT2D eigenvalue weighted by atomic mass is 35.5. The van der Waals surface area contributed by atoms with Gasteiger partial charge in [-0.3, -0.25) is 19.5 Å². The number of alkyl halides is 3. The molecule has 0 bridgehead atoms. The van der Waals surface area contributed by atoms with E-state index in [9.17, 15) is 18.0 Å². The van der Waals surface area contributed by atoms with Gasteiger partial charge in [0, 0.05) is 43.5 Å². The smallest absolute Gasteiger partial charge is 0.401 e. The largest absolute Gasteiger partial charge is 0.493 e. The number of methoxy groups -OCH3 is 1. The summed E-state index contributed by atoms with van der Waals surface area (Å²) in [6.07, 6.45) is -1.67. The molecule has 212 valence electrons. The lowest BCUT2D eigenvalue weighted by atomic mass is 10.1. The van der Waals surface area contributed by atoms with Gasteiger partial charge in [0.25, 0.3) is 5.91 Å². The molecule has 14 heteroatoms. The van der Waals surface area contributed by atoms with Gasteiger partial charge < -0.3 is 14.8 Å². The van der Waals surface area contributed by atoms with Gasteiger partial charge in [-0.25, -0.2) is 4.98 Å². The highest BCUT2D eigenvalue weighted by molar-refractivity contribution is 6.36. The monoisotopic (exact) mass is 577 g/mol. The molecule has 1 aliphatic rings. The third-order valence-electron chi connectivity index (χ3n) is 6.66. The zero-order valence-corrected chi connectivity index (χ0v) is 22.5. The standard InChI is InChI=1S/C26H27ClF3N7O3/c1-36-22(10-15-3-5-19-18(24(15)27)11-31-34-19)33-25(35-36)16-4-6-20(21(9-16)39-2)40-13-23(38)32-17-7-8-37(12-17)14-26(28,29)30/h3-6,9,11,17H,7-8,10,12-14H2,1-2H3,(H,31,34)(H,32,38). The number of hydrogen-bond acceptors (Lipinski definition) is 7. The van der Waals surface area contributed by atoms with Crippen LogP contribution in [0.1, 0.15) is 17.8 Å². The minimum Gasteiger partial charge on any atom is -0.493 e. The predicted octanol–water partition coefficient (Wildman–Crippen LogP) is 3.74. The summed E-state index contributed by atoms with van der Waals surface area (Å²) in [5, 5.41) is 15.6. The topological polar surface area (TPSA) is 110 Å². The molecule has 1 atom stereocenters. The average molecular weight is 578 g/mol. The minimum atomic E-state index is -4.26. The fraction of sp³-hybridized carbons (Fsp3) is 0.385. The summed E-state index contributed by atoms with van der Waals surface area (Å²) in [5.41, 5.74) is 2.43. The first-order chi connectivity index (χ1) is 19.1. The van der Waals surface area contributed by atoms with Crippen LogP contribution in [-0.2, 0) is 18.3 Å². The zero-order valence-electron chi connectivity index (χ0n) is 21.8. The van der Waals surface area contributed by atoms with E-state index in [-0.39, 0.29) is 25.7 Å². The Morgan fingerprint density at radius 1 is 1.25 bits per heavy atom. The Hall–Kier alpha value is -3.84. The molecule has 2 N–H and O–H groups in total. The Bertz CT molecular complexity index is 1520. The van der Waals surface area contributed by atoms with Crippen molar-refractivity contribution in [3.8, 4) is 22.9 Å². The van der Waals surface area contributed by atoms with Crippen LogP contribution >= 0.6 is 11.6 Å². The van der Waals surface area contributed by atoms with Crippen molar-refractivity contribution in [3.63, 3.8) is 0 Å². The molecule has 2 aromatic carbocycles. The summed E-state index contributed by atoms with van der Waals surface area (Å²) in [6, 6.07) is 8.61. The van der Waals surface area contributed by atoms with E-state index in [1.54, 1.807) is 36.1 Å². The van der Waals surface area contributed by atoms with Gasteiger partial charge in [0.05, 0.1) is 30.4 Å². The first kappa shape index (κ1) is 27.7. The second-order valence-corrected chi connectivity index (χ2v) is 9.96. The van der Waals surface area contributed by atoms with Gasteiger partial charge in [-0.15, -0.1) is 0 Å². The van der Waals surface area contributed by atoms with Gasteiger partial charge in [0.2, 0.25) is 0 Å². The maximum Gasteiger partial charge on any atom is 0.401 e. The van der Waals surface area contributed by atoms with Crippen LogP contribution < -0.4 is 14.8 Å². The number of amides is 1. The molecule has 0 radical (unpaired) electrons. The quantitative estimate of drug-likeness (QED) is 0.312. The number of rotatable bonds is 9. The second kappa shape index (κ2) is 11.3. The Morgan fingerprint density at radius 3 is 2.85 bits per heavy atom. The van der Waals surface area contributed by atoms with Gasteiger partial charge in [0.15, 0.2) is 23.9 Å². The van der Waals surface area contributed by atoms with Gasteiger partial charge >= 0.3 is 6.18 Å². The molecule has 2 aromatic heterocycles. The van der Waals surface area contributed by atoms with E-state index in [0.29, 0.717) is 46.6 Å². The molecule has 4 aromatic rings. The number of carbonyl (C=O) groups is 1. The number of halogens is 4. The number of ether oxygens (including phenoxy) is 2. The number of benzene rings is 2. The van der Waals surface area contributed by atoms with E-state index in [1.807, 2.05) is 12.1 Å². The number of aromatic amines is 1. The second-order valence-electron chi connectivity index (χ2n) is 9.58. The number of nitrogens with zero attached hydrogens (tertiary/aromatic N) is 5. The van der Waals surface area contributed by atoms with Crippen LogP contribution in [0.4, 0.5) is 13.2 Å². The predicted molar refractivity (Wildman–Crippen MR) is 141 cm³/mol. The number of likely N-dealkylation sites (tertiary alicyclic amines) is 1. The molecule has 1 saturated heterocycles. The summed E-state index contributed by atoms with van der Waals surface area (Å²) in [5.74, 6) is 1.47. The molecular formula is C26H27ClF3N7O3. The molecule has 3 heterocycles. The minimum absolute atomic E-state index is 0.145. The number of aryl methyl sites for hydroxylation is 1. The maximum absolute atomic E-state index is 12.6. The Kier molecular flexibility index (Phi) is 7.86. The number of H-pyrrole nitrogens is 1. The normalized spacial score (nSPS) is 16.0. The van der Waals surface area contributed by atoms with Crippen LogP contribution in [-0.4, -0.2) is 81.3 Å². The molecule has 1 unspecified atom stereocenters. The van der Waals surface area contributed by atoms with Crippen molar-refractivity contribution in [2.75, 3.05) is 33.4 Å². The Morgan fingerprint density at radius 2 is 2.08 bits per heavy atom. The summed E-state index contributed by atoms with van der Waals surface area (Å²) in [6.45, 7) is -0.872. The third-order valence-corrected chi connectivity index (χ3v) is 7.11. The van der Waals surface area contributed by atoms with Crippen LogP contribution in [0.3, 0.4) is 0 Å².